The largest absolute Gasteiger partial charge is 0.394 e. The maximum absolute atomic E-state index is 10.1. The average Bonchev–Trinajstić information content (AvgIpc) is 2.48. The molecule has 0 saturated carbocycles. The van der Waals surface area contributed by atoms with Gasteiger partial charge in [-0.25, -0.2) is 0 Å². The van der Waals surface area contributed by atoms with Crippen molar-refractivity contribution in [2.75, 3.05) is 13.2 Å². The molecule has 0 aromatic carbocycles. The molecule has 2 fully saturated rings. The highest BCUT2D eigenvalue weighted by atomic mass is 16.7. The fourth-order valence-electron chi connectivity index (χ4n) is 2.74. The standard InChI is InChI=1S/C12H24N2O9/c13-7-9(19)8(18)5(2-15)21-11(7)22-10-4(17)1-12(14,20)23-6(10)3-16/h4-11,15-20H,1-3,13-14H2/t4-,5-,6-,7-,8-,9-,10+,11+,12?/m1/s1. The van der Waals surface area contributed by atoms with E-state index in [0.29, 0.717) is 0 Å². The highest BCUT2D eigenvalue weighted by Gasteiger charge is 2.49. The Balaban J connectivity index is 2.10. The SMILES string of the molecule is N[C@H]1[C@H](O[C@H]2[C@H](O)CC(N)(O)O[C@@H]2CO)O[C@H](CO)[C@@H](O)[C@@H]1O. The molecule has 2 rings (SSSR count). The van der Waals surface area contributed by atoms with E-state index in [9.17, 15) is 25.5 Å². The van der Waals surface area contributed by atoms with Gasteiger partial charge in [0.15, 0.2) is 6.29 Å². The van der Waals surface area contributed by atoms with Crippen molar-refractivity contribution in [1.29, 1.82) is 0 Å². The fraction of sp³-hybridized carbons (Fsp3) is 1.00. The van der Waals surface area contributed by atoms with E-state index in [4.69, 9.17) is 30.8 Å². The normalized spacial score (nSPS) is 51.7. The van der Waals surface area contributed by atoms with E-state index in [1.165, 1.54) is 0 Å². The van der Waals surface area contributed by atoms with Gasteiger partial charge in [-0.15, -0.1) is 0 Å². The molecular formula is C12H24N2O9. The maximum atomic E-state index is 10.1. The summed E-state index contributed by atoms with van der Waals surface area (Å²) in [6.45, 7) is -1.20. The lowest BCUT2D eigenvalue weighted by atomic mass is 9.96. The fourth-order valence-corrected chi connectivity index (χ4v) is 2.74. The monoisotopic (exact) mass is 340 g/mol. The quantitative estimate of drug-likeness (QED) is 0.227. The highest BCUT2D eigenvalue weighted by Crippen LogP contribution is 2.29. The molecule has 0 spiro atoms. The van der Waals surface area contributed by atoms with Crippen LogP contribution in [-0.2, 0) is 14.2 Å². The third-order valence-corrected chi connectivity index (χ3v) is 4.00. The van der Waals surface area contributed by atoms with Gasteiger partial charge < -0.3 is 50.6 Å². The lowest BCUT2D eigenvalue weighted by Crippen LogP contribution is -2.66. The molecule has 0 radical (unpaired) electrons. The molecule has 136 valence electrons. The Bertz CT molecular complexity index is 397. The van der Waals surface area contributed by atoms with Crippen LogP contribution in [0.15, 0.2) is 0 Å². The molecular weight excluding hydrogens is 316 g/mol. The van der Waals surface area contributed by atoms with E-state index in [1.54, 1.807) is 0 Å². The zero-order valence-electron chi connectivity index (χ0n) is 12.3. The summed E-state index contributed by atoms with van der Waals surface area (Å²) in [6, 6.07) is -1.17. The van der Waals surface area contributed by atoms with Crippen molar-refractivity contribution in [1.82, 2.24) is 0 Å². The van der Waals surface area contributed by atoms with E-state index in [1.807, 2.05) is 0 Å². The van der Waals surface area contributed by atoms with Crippen molar-refractivity contribution in [3.63, 3.8) is 0 Å². The van der Waals surface area contributed by atoms with Gasteiger partial charge in [-0.3, -0.25) is 5.73 Å². The summed E-state index contributed by atoms with van der Waals surface area (Å²) in [5.74, 6) is -2.12. The average molecular weight is 340 g/mol. The first-order valence-electron chi connectivity index (χ1n) is 7.21. The molecule has 0 bridgehead atoms. The van der Waals surface area contributed by atoms with Crippen molar-refractivity contribution in [3.05, 3.63) is 0 Å². The van der Waals surface area contributed by atoms with Crippen molar-refractivity contribution < 1.29 is 44.8 Å². The summed E-state index contributed by atoms with van der Waals surface area (Å²) in [5.41, 5.74) is 11.1. The van der Waals surface area contributed by atoms with E-state index >= 15 is 0 Å². The highest BCUT2D eigenvalue weighted by molar-refractivity contribution is 4.94. The molecule has 2 aliphatic heterocycles. The third-order valence-electron chi connectivity index (χ3n) is 4.00. The molecule has 0 aromatic heterocycles. The van der Waals surface area contributed by atoms with Gasteiger partial charge in [0, 0.05) is 6.42 Å². The lowest BCUT2D eigenvalue weighted by Gasteiger charge is -2.46. The second kappa shape index (κ2) is 7.21. The zero-order chi connectivity index (χ0) is 17.4. The van der Waals surface area contributed by atoms with Gasteiger partial charge in [0.2, 0.25) is 5.91 Å². The van der Waals surface area contributed by atoms with Crippen LogP contribution in [0.1, 0.15) is 6.42 Å². The molecule has 11 nitrogen and oxygen atoms in total. The van der Waals surface area contributed by atoms with Crippen LogP contribution < -0.4 is 11.5 Å². The van der Waals surface area contributed by atoms with E-state index < -0.39 is 68.1 Å². The minimum absolute atomic E-state index is 0.384. The summed E-state index contributed by atoms with van der Waals surface area (Å²) < 4.78 is 15.8. The Kier molecular flexibility index (Phi) is 5.92. The Morgan fingerprint density at radius 1 is 1.09 bits per heavy atom. The van der Waals surface area contributed by atoms with Crippen LogP contribution in [0.25, 0.3) is 0 Å². The Hall–Kier alpha value is -0.440. The van der Waals surface area contributed by atoms with Crippen molar-refractivity contribution in [3.8, 4) is 0 Å². The van der Waals surface area contributed by atoms with Gasteiger partial charge >= 0.3 is 0 Å². The second-order valence-electron chi connectivity index (χ2n) is 5.84. The van der Waals surface area contributed by atoms with E-state index in [-0.39, 0.29) is 6.42 Å². The van der Waals surface area contributed by atoms with Gasteiger partial charge in [0.25, 0.3) is 0 Å². The smallest absolute Gasteiger partial charge is 0.225 e. The van der Waals surface area contributed by atoms with Crippen molar-refractivity contribution >= 4 is 0 Å². The summed E-state index contributed by atoms with van der Waals surface area (Å²) in [4.78, 5) is 0. The third kappa shape index (κ3) is 3.97. The van der Waals surface area contributed by atoms with Gasteiger partial charge in [0.05, 0.1) is 25.4 Å². The second-order valence-corrected chi connectivity index (χ2v) is 5.84. The van der Waals surface area contributed by atoms with Crippen LogP contribution >= 0.6 is 0 Å². The van der Waals surface area contributed by atoms with Crippen LogP contribution in [0, 0.1) is 0 Å². The van der Waals surface area contributed by atoms with E-state index in [2.05, 4.69) is 0 Å². The van der Waals surface area contributed by atoms with Gasteiger partial charge in [-0.1, -0.05) is 0 Å². The van der Waals surface area contributed by atoms with E-state index in [0.717, 1.165) is 0 Å². The predicted octanol–water partition coefficient (Wildman–Crippen LogP) is -5.12. The van der Waals surface area contributed by atoms with Gasteiger partial charge in [-0.2, -0.15) is 0 Å². The first kappa shape index (κ1) is 18.9. The van der Waals surface area contributed by atoms with Gasteiger partial charge in [-0.05, 0) is 0 Å². The van der Waals surface area contributed by atoms with Crippen LogP contribution in [0.2, 0.25) is 0 Å². The summed E-state index contributed by atoms with van der Waals surface area (Å²) in [7, 11) is 0. The number of hydrogen-bond donors (Lipinski definition) is 8. The Labute approximate surface area is 132 Å². The number of aliphatic hydroxyl groups is 6. The molecule has 9 atom stereocenters. The Morgan fingerprint density at radius 2 is 1.70 bits per heavy atom. The maximum Gasteiger partial charge on any atom is 0.225 e. The molecule has 0 amide bonds. The number of aliphatic hydroxyl groups excluding tert-OH is 5. The number of nitrogens with two attached hydrogens (primary N) is 2. The topological polar surface area (TPSA) is 201 Å². The molecule has 10 N–H and O–H groups in total. The number of rotatable bonds is 4. The molecule has 1 unspecified atom stereocenters. The lowest BCUT2D eigenvalue weighted by molar-refractivity contribution is -0.345. The number of hydrogen-bond acceptors (Lipinski definition) is 11. The molecule has 23 heavy (non-hydrogen) atoms. The predicted molar refractivity (Wildman–Crippen MR) is 72.3 cm³/mol. The zero-order valence-corrected chi connectivity index (χ0v) is 12.3. The van der Waals surface area contributed by atoms with Crippen LogP contribution in [-0.4, -0.2) is 98.7 Å². The van der Waals surface area contributed by atoms with Gasteiger partial charge in [0.1, 0.15) is 30.5 Å². The first-order chi connectivity index (χ1) is 10.7. The van der Waals surface area contributed by atoms with Crippen molar-refractivity contribution in [2.24, 2.45) is 11.5 Å². The van der Waals surface area contributed by atoms with Crippen LogP contribution in [0.4, 0.5) is 0 Å². The molecule has 0 aliphatic carbocycles. The summed E-state index contributed by atoms with van der Waals surface area (Å²) >= 11 is 0. The minimum atomic E-state index is -2.12. The molecule has 2 heterocycles. The van der Waals surface area contributed by atoms with Crippen LogP contribution in [0.5, 0.6) is 0 Å². The summed E-state index contributed by atoms with van der Waals surface area (Å²) in [6.07, 6.45) is -9.24. The van der Waals surface area contributed by atoms with Crippen LogP contribution in [0.3, 0.4) is 0 Å². The molecule has 2 saturated heterocycles. The molecule has 0 aromatic rings. The Morgan fingerprint density at radius 3 is 2.26 bits per heavy atom. The van der Waals surface area contributed by atoms with Crippen molar-refractivity contribution in [2.45, 2.75) is 61.3 Å². The first-order valence-corrected chi connectivity index (χ1v) is 7.21. The minimum Gasteiger partial charge on any atom is -0.394 e. The molecule has 2 aliphatic rings. The molecule has 11 heteroatoms. The number of ether oxygens (including phenoxy) is 3. The summed E-state index contributed by atoms with van der Waals surface area (Å²) in [5, 5.41) is 57.7.